The second-order valence-corrected chi connectivity index (χ2v) is 5.12. The van der Waals surface area contributed by atoms with E-state index in [9.17, 15) is 20.2 Å². The first-order valence-electron chi connectivity index (χ1n) is 7.45. The number of nitro groups is 2. The molecule has 8 nitrogen and oxygen atoms in total. The molecule has 0 aliphatic heterocycles. The molecule has 0 heterocycles. The molecule has 0 saturated carbocycles. The summed E-state index contributed by atoms with van der Waals surface area (Å²) >= 11 is 0. The van der Waals surface area contributed by atoms with Gasteiger partial charge in [-0.25, -0.2) is 0 Å². The van der Waals surface area contributed by atoms with Crippen molar-refractivity contribution in [2.45, 2.75) is 0 Å². The summed E-state index contributed by atoms with van der Waals surface area (Å²) in [5.74, 6) is 1.15. The topological polar surface area (TPSA) is 105 Å². The molecule has 0 amide bonds. The summed E-state index contributed by atoms with van der Waals surface area (Å²) in [6, 6.07) is 12.8. The van der Waals surface area contributed by atoms with Crippen LogP contribution in [0.15, 0.2) is 59.9 Å². The zero-order chi connectivity index (χ0) is 19.1. The number of hydrogen-bond acceptors (Lipinski definition) is 6. The van der Waals surface area contributed by atoms with E-state index < -0.39 is 21.2 Å². The molecule has 0 atom stereocenters. The summed E-state index contributed by atoms with van der Waals surface area (Å²) in [4.78, 5) is 21.3. The molecule has 2 aromatic carbocycles. The van der Waals surface area contributed by atoms with E-state index in [1.165, 1.54) is 14.2 Å². The lowest BCUT2D eigenvalue weighted by Gasteiger charge is -2.01. The Morgan fingerprint density at radius 1 is 0.731 bits per heavy atom. The summed E-state index contributed by atoms with van der Waals surface area (Å²) < 4.78 is 10.0. The van der Waals surface area contributed by atoms with Crippen LogP contribution in [0.2, 0.25) is 0 Å². The number of hydrogen-bond donors (Lipinski definition) is 0. The van der Waals surface area contributed by atoms with Crippen molar-refractivity contribution < 1.29 is 19.3 Å². The van der Waals surface area contributed by atoms with E-state index in [1.54, 1.807) is 48.5 Å². The predicted molar refractivity (Wildman–Crippen MR) is 95.9 cm³/mol. The van der Waals surface area contributed by atoms with Gasteiger partial charge < -0.3 is 9.47 Å². The fraction of sp³-hybridized carbons (Fsp3) is 0.111. The summed E-state index contributed by atoms with van der Waals surface area (Å²) in [7, 11) is 2.99. The summed E-state index contributed by atoms with van der Waals surface area (Å²) in [6.45, 7) is 0. The molecular weight excluding hydrogens is 340 g/mol. The lowest BCUT2D eigenvalue weighted by Crippen LogP contribution is -2.09. The van der Waals surface area contributed by atoms with Gasteiger partial charge in [-0.15, -0.1) is 0 Å². The monoisotopic (exact) mass is 356 g/mol. The van der Waals surface area contributed by atoms with E-state index in [2.05, 4.69) is 0 Å². The molecule has 26 heavy (non-hydrogen) atoms. The number of benzene rings is 2. The summed E-state index contributed by atoms with van der Waals surface area (Å²) in [6.07, 6.45) is 2.30. The molecule has 0 aromatic heterocycles. The maximum Gasteiger partial charge on any atom is 0.346 e. The van der Waals surface area contributed by atoms with Gasteiger partial charge in [0.15, 0.2) is 0 Å². The van der Waals surface area contributed by atoms with Crippen molar-refractivity contribution in [3.8, 4) is 11.5 Å². The molecule has 2 rings (SSSR count). The molecule has 0 aliphatic rings. The van der Waals surface area contributed by atoms with E-state index in [0.717, 1.165) is 12.2 Å². The first kappa shape index (κ1) is 18.7. The van der Waals surface area contributed by atoms with Crippen molar-refractivity contribution in [3.63, 3.8) is 0 Å². The van der Waals surface area contributed by atoms with Crippen LogP contribution in [0.3, 0.4) is 0 Å². The largest absolute Gasteiger partial charge is 0.497 e. The van der Waals surface area contributed by atoms with Crippen LogP contribution in [0.1, 0.15) is 11.1 Å². The van der Waals surface area contributed by atoms with Crippen molar-refractivity contribution in [2.24, 2.45) is 0 Å². The van der Waals surface area contributed by atoms with Crippen LogP contribution in [0.4, 0.5) is 0 Å². The highest BCUT2D eigenvalue weighted by Crippen LogP contribution is 2.22. The van der Waals surface area contributed by atoms with Crippen LogP contribution >= 0.6 is 0 Å². The molecule has 134 valence electrons. The Labute approximate surface area is 149 Å². The Morgan fingerprint density at radius 2 is 1.04 bits per heavy atom. The molecule has 0 radical (unpaired) electrons. The van der Waals surface area contributed by atoms with Gasteiger partial charge in [-0.3, -0.25) is 20.2 Å². The van der Waals surface area contributed by atoms with Gasteiger partial charge in [-0.1, -0.05) is 24.3 Å². The van der Waals surface area contributed by atoms with Crippen LogP contribution in [-0.4, -0.2) is 24.1 Å². The van der Waals surface area contributed by atoms with Gasteiger partial charge >= 0.3 is 11.4 Å². The predicted octanol–water partition coefficient (Wildman–Crippen LogP) is 3.64. The Kier molecular flexibility index (Phi) is 6.05. The van der Waals surface area contributed by atoms with E-state index in [4.69, 9.17) is 9.47 Å². The molecule has 2 aromatic rings. The molecule has 0 N–H and O–H groups in total. The van der Waals surface area contributed by atoms with Crippen molar-refractivity contribution >= 4 is 12.2 Å². The van der Waals surface area contributed by atoms with Gasteiger partial charge in [0.05, 0.1) is 24.1 Å². The van der Waals surface area contributed by atoms with Crippen LogP contribution in [-0.2, 0) is 0 Å². The second-order valence-electron chi connectivity index (χ2n) is 5.12. The maximum atomic E-state index is 11.4. The van der Waals surface area contributed by atoms with Gasteiger partial charge in [-0.2, -0.15) is 0 Å². The molecule has 0 saturated heterocycles. The van der Waals surface area contributed by atoms with Crippen molar-refractivity contribution in [1.82, 2.24) is 0 Å². The van der Waals surface area contributed by atoms with Crippen molar-refractivity contribution in [3.05, 3.63) is 91.3 Å². The van der Waals surface area contributed by atoms with Crippen LogP contribution < -0.4 is 9.47 Å². The van der Waals surface area contributed by atoms with Crippen LogP contribution in [0, 0.1) is 20.2 Å². The van der Waals surface area contributed by atoms with Gasteiger partial charge in [0, 0.05) is 12.2 Å². The summed E-state index contributed by atoms with van der Waals surface area (Å²) in [5.41, 5.74) is -0.341. The smallest absolute Gasteiger partial charge is 0.346 e. The van der Waals surface area contributed by atoms with Crippen molar-refractivity contribution in [2.75, 3.05) is 14.2 Å². The second kappa shape index (κ2) is 8.43. The third-order valence-electron chi connectivity index (χ3n) is 3.49. The van der Waals surface area contributed by atoms with E-state index in [-0.39, 0.29) is 0 Å². The zero-order valence-electron chi connectivity index (χ0n) is 14.1. The number of methoxy groups -OCH3 is 2. The maximum absolute atomic E-state index is 11.4. The van der Waals surface area contributed by atoms with E-state index >= 15 is 0 Å². The standard InChI is InChI=1S/C18H16N2O6/c1-25-15-7-3-13(4-8-15)11-17(19(21)22)18(20(23)24)12-14-5-9-16(26-2)10-6-14/h3-12H,1-2H3/b17-11-,18-12+. The normalized spacial score (nSPS) is 11.8. The molecule has 0 unspecified atom stereocenters. The highest BCUT2D eigenvalue weighted by atomic mass is 16.6. The highest BCUT2D eigenvalue weighted by molar-refractivity contribution is 5.62. The van der Waals surface area contributed by atoms with E-state index in [0.29, 0.717) is 22.6 Å². The number of rotatable bonds is 7. The van der Waals surface area contributed by atoms with E-state index in [1.807, 2.05) is 0 Å². The van der Waals surface area contributed by atoms with Gasteiger partial charge in [0.25, 0.3) is 0 Å². The van der Waals surface area contributed by atoms with Gasteiger partial charge in [0.2, 0.25) is 0 Å². The summed E-state index contributed by atoms with van der Waals surface area (Å²) in [5, 5.41) is 22.8. The molecule has 0 aliphatic carbocycles. The fourth-order valence-electron chi connectivity index (χ4n) is 2.16. The minimum absolute atomic E-state index is 0.444. The third-order valence-corrected chi connectivity index (χ3v) is 3.49. The minimum Gasteiger partial charge on any atom is -0.497 e. The first-order valence-corrected chi connectivity index (χ1v) is 7.45. The minimum atomic E-state index is -0.775. The highest BCUT2D eigenvalue weighted by Gasteiger charge is 2.28. The molecule has 8 heteroatoms. The van der Waals surface area contributed by atoms with Gasteiger partial charge in [0.1, 0.15) is 11.5 Å². The van der Waals surface area contributed by atoms with Crippen LogP contribution in [0.25, 0.3) is 12.2 Å². The van der Waals surface area contributed by atoms with Crippen molar-refractivity contribution in [1.29, 1.82) is 0 Å². The Bertz CT molecular complexity index is 781. The Morgan fingerprint density at radius 3 is 1.27 bits per heavy atom. The zero-order valence-corrected chi connectivity index (χ0v) is 14.1. The number of ether oxygens (including phenoxy) is 2. The van der Waals surface area contributed by atoms with Gasteiger partial charge in [-0.05, 0) is 35.4 Å². The molecule has 0 fully saturated rings. The SMILES string of the molecule is COc1ccc(/C=C(/C(=C\c2ccc(OC)cc2)[N+](=O)[O-])[N+](=O)[O-])cc1. The fourth-order valence-corrected chi connectivity index (χ4v) is 2.16. The first-order chi connectivity index (χ1) is 12.4. The molecule has 0 bridgehead atoms. The quantitative estimate of drug-likeness (QED) is 0.426. The van der Waals surface area contributed by atoms with Crippen LogP contribution in [0.5, 0.6) is 11.5 Å². The lowest BCUT2D eigenvalue weighted by atomic mass is 10.1. The average Bonchev–Trinajstić information content (AvgIpc) is 2.65. The number of nitrogens with zero attached hydrogens (tertiary/aromatic N) is 2. The Hall–Kier alpha value is -3.68. The third kappa shape index (κ3) is 4.67. The molecular formula is C18H16N2O6. The molecule has 0 spiro atoms. The Balaban J connectivity index is 2.47. The lowest BCUT2D eigenvalue weighted by molar-refractivity contribution is -0.477. The average molecular weight is 356 g/mol.